The van der Waals surface area contributed by atoms with Gasteiger partial charge >= 0.3 is 0 Å². The molecule has 84 valence electrons. The van der Waals surface area contributed by atoms with E-state index in [-0.39, 0.29) is 0 Å². The van der Waals surface area contributed by atoms with Gasteiger partial charge < -0.3 is 15.3 Å². The van der Waals surface area contributed by atoms with Crippen LogP contribution in [0.25, 0.3) is 0 Å². The zero-order valence-electron chi connectivity index (χ0n) is 9.31. The molecule has 0 saturated carbocycles. The highest BCUT2D eigenvalue weighted by molar-refractivity contribution is 5.21. The minimum Gasteiger partial charge on any atom is -0.387 e. The highest BCUT2D eigenvalue weighted by Crippen LogP contribution is 2.34. The Kier molecular flexibility index (Phi) is 3.19. The third-order valence-corrected chi connectivity index (χ3v) is 2.89. The molecule has 1 rings (SSSR count). The topological polar surface area (TPSA) is 60.7 Å². The van der Waals surface area contributed by atoms with Gasteiger partial charge in [-0.25, -0.2) is 0 Å². The second kappa shape index (κ2) is 3.93. The predicted molar refractivity (Wildman–Crippen MR) is 58.3 cm³/mol. The highest BCUT2D eigenvalue weighted by atomic mass is 16.4. The zero-order chi connectivity index (χ0) is 11.7. The Morgan fingerprint density at radius 1 is 1.00 bits per heavy atom. The molecular formula is C12H18O3. The first-order chi connectivity index (χ1) is 6.77. The van der Waals surface area contributed by atoms with E-state index in [4.69, 9.17) is 0 Å². The Balaban J connectivity index is 3.00. The van der Waals surface area contributed by atoms with Gasteiger partial charge in [-0.1, -0.05) is 30.3 Å². The van der Waals surface area contributed by atoms with Crippen molar-refractivity contribution in [3.05, 3.63) is 35.9 Å². The summed E-state index contributed by atoms with van der Waals surface area (Å²) in [6, 6.07) is 8.81. The largest absolute Gasteiger partial charge is 0.387 e. The van der Waals surface area contributed by atoms with Crippen molar-refractivity contribution in [1.82, 2.24) is 0 Å². The molecule has 0 amide bonds. The van der Waals surface area contributed by atoms with Gasteiger partial charge in [0.15, 0.2) is 0 Å². The molecular weight excluding hydrogens is 192 g/mol. The Morgan fingerprint density at radius 2 is 1.47 bits per heavy atom. The molecule has 3 heteroatoms. The Bertz CT molecular complexity index is 311. The van der Waals surface area contributed by atoms with Crippen LogP contribution in [0, 0.1) is 0 Å². The fourth-order valence-corrected chi connectivity index (χ4v) is 1.29. The monoisotopic (exact) mass is 210 g/mol. The molecule has 0 aliphatic carbocycles. The number of rotatable bonds is 3. The molecule has 2 unspecified atom stereocenters. The zero-order valence-corrected chi connectivity index (χ0v) is 9.31. The summed E-state index contributed by atoms with van der Waals surface area (Å²) >= 11 is 0. The first kappa shape index (κ1) is 12.2. The lowest BCUT2D eigenvalue weighted by Crippen LogP contribution is -2.51. The maximum Gasteiger partial charge on any atom is 0.120 e. The van der Waals surface area contributed by atoms with Crippen LogP contribution in [-0.4, -0.2) is 26.5 Å². The molecule has 15 heavy (non-hydrogen) atoms. The summed E-state index contributed by atoms with van der Waals surface area (Å²) in [4.78, 5) is 0. The highest BCUT2D eigenvalue weighted by Gasteiger charge is 2.44. The van der Waals surface area contributed by atoms with Crippen molar-refractivity contribution >= 4 is 0 Å². The number of aliphatic hydroxyl groups excluding tert-OH is 1. The van der Waals surface area contributed by atoms with Crippen molar-refractivity contribution in [2.75, 3.05) is 0 Å². The van der Waals surface area contributed by atoms with E-state index in [0.29, 0.717) is 5.56 Å². The number of benzene rings is 1. The molecule has 0 aromatic heterocycles. The average molecular weight is 210 g/mol. The second-order valence-corrected chi connectivity index (χ2v) is 4.52. The van der Waals surface area contributed by atoms with E-state index in [1.54, 1.807) is 24.3 Å². The summed E-state index contributed by atoms with van der Waals surface area (Å²) in [5.41, 5.74) is -2.37. The number of hydrogen-bond donors (Lipinski definition) is 3. The summed E-state index contributed by atoms with van der Waals surface area (Å²) in [6.45, 7) is 4.36. The second-order valence-electron chi connectivity index (χ2n) is 4.52. The molecule has 0 radical (unpaired) electrons. The van der Waals surface area contributed by atoms with Crippen LogP contribution in [0.1, 0.15) is 32.4 Å². The minimum atomic E-state index is -1.59. The molecule has 1 aromatic carbocycles. The lowest BCUT2D eigenvalue weighted by molar-refractivity contribution is -0.178. The van der Waals surface area contributed by atoms with Crippen LogP contribution in [-0.2, 0) is 0 Å². The Morgan fingerprint density at radius 3 is 1.87 bits per heavy atom. The summed E-state index contributed by atoms with van der Waals surface area (Å²) < 4.78 is 0. The summed E-state index contributed by atoms with van der Waals surface area (Å²) in [7, 11) is 0. The smallest absolute Gasteiger partial charge is 0.120 e. The number of hydrogen-bond acceptors (Lipinski definition) is 3. The van der Waals surface area contributed by atoms with Crippen LogP contribution in [0.15, 0.2) is 30.3 Å². The summed E-state index contributed by atoms with van der Waals surface area (Å²) in [6.07, 6.45) is -1.11. The van der Waals surface area contributed by atoms with E-state index >= 15 is 0 Å². The molecule has 0 heterocycles. The maximum absolute atomic E-state index is 10.1. The predicted octanol–water partition coefficient (Wildman–Crippen LogP) is 1.24. The summed E-state index contributed by atoms with van der Waals surface area (Å²) in [5, 5.41) is 29.8. The fourth-order valence-electron chi connectivity index (χ4n) is 1.29. The molecule has 0 bridgehead atoms. The Hall–Kier alpha value is -0.900. The van der Waals surface area contributed by atoms with Gasteiger partial charge in [-0.05, 0) is 26.3 Å². The van der Waals surface area contributed by atoms with E-state index in [2.05, 4.69) is 0 Å². The quantitative estimate of drug-likeness (QED) is 0.703. The summed E-state index contributed by atoms with van der Waals surface area (Å²) in [5.74, 6) is 0. The fraction of sp³-hybridized carbons (Fsp3) is 0.500. The molecule has 3 N–H and O–H groups in total. The van der Waals surface area contributed by atoms with Crippen LogP contribution in [0.5, 0.6) is 0 Å². The van der Waals surface area contributed by atoms with Gasteiger partial charge in [-0.2, -0.15) is 0 Å². The van der Waals surface area contributed by atoms with Crippen LogP contribution in [0.2, 0.25) is 0 Å². The van der Waals surface area contributed by atoms with E-state index in [0.717, 1.165) is 0 Å². The van der Waals surface area contributed by atoms with Crippen LogP contribution >= 0.6 is 0 Å². The molecule has 0 saturated heterocycles. The third-order valence-electron chi connectivity index (χ3n) is 2.89. The van der Waals surface area contributed by atoms with Gasteiger partial charge in [-0.15, -0.1) is 0 Å². The van der Waals surface area contributed by atoms with Crippen molar-refractivity contribution < 1.29 is 15.3 Å². The number of aliphatic hydroxyl groups is 3. The lowest BCUT2D eigenvalue weighted by Gasteiger charge is -2.39. The van der Waals surface area contributed by atoms with Gasteiger partial charge in [0.2, 0.25) is 0 Å². The SMILES string of the molecule is CC(C)(O)C(C)(O)C(O)c1ccccc1. The van der Waals surface area contributed by atoms with Crippen molar-refractivity contribution in [2.24, 2.45) is 0 Å². The van der Waals surface area contributed by atoms with Crippen molar-refractivity contribution in [2.45, 2.75) is 38.1 Å². The van der Waals surface area contributed by atoms with Gasteiger partial charge in [0.05, 0.1) is 5.60 Å². The van der Waals surface area contributed by atoms with Crippen molar-refractivity contribution in [3.8, 4) is 0 Å². The molecule has 0 spiro atoms. The standard InChI is InChI=1S/C12H18O3/c1-11(2,14)12(3,15)10(13)9-7-5-4-6-8-9/h4-8,10,13-15H,1-3H3. The molecule has 0 aliphatic rings. The van der Waals surface area contributed by atoms with Gasteiger partial charge in [0.1, 0.15) is 11.7 Å². The van der Waals surface area contributed by atoms with Gasteiger partial charge in [0.25, 0.3) is 0 Å². The van der Waals surface area contributed by atoms with Crippen molar-refractivity contribution in [1.29, 1.82) is 0 Å². The normalized spacial score (nSPS) is 18.3. The third kappa shape index (κ3) is 2.37. The molecule has 2 atom stereocenters. The van der Waals surface area contributed by atoms with Crippen molar-refractivity contribution in [3.63, 3.8) is 0 Å². The Labute approximate surface area is 90.0 Å². The molecule has 3 nitrogen and oxygen atoms in total. The van der Waals surface area contributed by atoms with E-state index in [1.165, 1.54) is 20.8 Å². The van der Waals surface area contributed by atoms with E-state index in [1.807, 2.05) is 6.07 Å². The minimum absolute atomic E-state index is 0.588. The van der Waals surface area contributed by atoms with Crippen LogP contribution < -0.4 is 0 Å². The molecule has 0 aliphatic heterocycles. The lowest BCUT2D eigenvalue weighted by atomic mass is 9.80. The first-order valence-corrected chi connectivity index (χ1v) is 4.94. The molecule has 0 fully saturated rings. The van der Waals surface area contributed by atoms with E-state index < -0.39 is 17.3 Å². The van der Waals surface area contributed by atoms with Gasteiger partial charge in [-0.3, -0.25) is 0 Å². The van der Waals surface area contributed by atoms with E-state index in [9.17, 15) is 15.3 Å². The maximum atomic E-state index is 10.1. The average Bonchev–Trinajstić information content (AvgIpc) is 2.16. The van der Waals surface area contributed by atoms with Crippen LogP contribution in [0.4, 0.5) is 0 Å². The molecule has 1 aromatic rings. The van der Waals surface area contributed by atoms with Crippen LogP contribution in [0.3, 0.4) is 0 Å². The first-order valence-electron chi connectivity index (χ1n) is 4.94. The van der Waals surface area contributed by atoms with Gasteiger partial charge in [0, 0.05) is 0 Å².